The fourth-order valence-corrected chi connectivity index (χ4v) is 2.09. The Morgan fingerprint density at radius 2 is 1.95 bits per heavy atom. The Morgan fingerprint density at radius 1 is 1.24 bits per heavy atom. The number of aryl methyl sites for hydroxylation is 1. The van der Waals surface area contributed by atoms with Gasteiger partial charge in [0.05, 0.1) is 6.54 Å². The lowest BCUT2D eigenvalue weighted by molar-refractivity contribution is -0.130. The summed E-state index contributed by atoms with van der Waals surface area (Å²) in [6.45, 7) is 3.22. The summed E-state index contributed by atoms with van der Waals surface area (Å²) in [5.74, 6) is -0.492. The highest BCUT2D eigenvalue weighted by molar-refractivity contribution is 5.96. The van der Waals surface area contributed by atoms with Crippen LogP contribution in [0.1, 0.15) is 22.3 Å². The number of benzene rings is 1. The van der Waals surface area contributed by atoms with Gasteiger partial charge >= 0.3 is 0 Å². The van der Waals surface area contributed by atoms with E-state index in [0.29, 0.717) is 31.6 Å². The molecular weight excluding hydrogens is 270 g/mol. The zero-order valence-electron chi connectivity index (χ0n) is 12.0. The van der Waals surface area contributed by atoms with Crippen LogP contribution in [0.15, 0.2) is 24.3 Å². The molecule has 3 amide bonds. The van der Waals surface area contributed by atoms with Crippen LogP contribution in [0.5, 0.6) is 0 Å². The molecule has 0 aliphatic carbocycles. The van der Waals surface area contributed by atoms with Crippen molar-refractivity contribution in [1.29, 1.82) is 0 Å². The zero-order valence-corrected chi connectivity index (χ0v) is 12.0. The molecule has 1 aliphatic heterocycles. The summed E-state index contributed by atoms with van der Waals surface area (Å²) < 4.78 is 0. The Kier molecular flexibility index (Phi) is 4.92. The molecule has 6 heteroatoms. The number of amides is 3. The number of hydrogen-bond acceptors (Lipinski definition) is 3. The first-order chi connectivity index (χ1) is 10.1. The highest BCUT2D eigenvalue weighted by Gasteiger charge is 2.18. The van der Waals surface area contributed by atoms with Crippen molar-refractivity contribution in [3.05, 3.63) is 35.4 Å². The first-order valence-electron chi connectivity index (χ1n) is 6.95. The Balaban J connectivity index is 1.84. The third-order valence-corrected chi connectivity index (χ3v) is 3.38. The molecule has 0 bridgehead atoms. The van der Waals surface area contributed by atoms with E-state index in [4.69, 9.17) is 0 Å². The van der Waals surface area contributed by atoms with Gasteiger partial charge in [0, 0.05) is 31.6 Å². The zero-order chi connectivity index (χ0) is 15.2. The van der Waals surface area contributed by atoms with Crippen LogP contribution < -0.4 is 10.6 Å². The second-order valence-electron chi connectivity index (χ2n) is 5.03. The smallest absolute Gasteiger partial charge is 0.251 e. The minimum absolute atomic E-state index is 0.0472. The van der Waals surface area contributed by atoms with E-state index in [1.165, 1.54) is 0 Å². The van der Waals surface area contributed by atoms with Crippen molar-refractivity contribution in [3.63, 3.8) is 0 Å². The third kappa shape index (κ3) is 4.30. The average Bonchev–Trinajstić information content (AvgIpc) is 2.70. The fraction of sp³-hybridized carbons (Fsp3) is 0.400. The van der Waals surface area contributed by atoms with Crippen molar-refractivity contribution in [3.8, 4) is 0 Å². The minimum Gasteiger partial charge on any atom is -0.354 e. The lowest BCUT2D eigenvalue weighted by Crippen LogP contribution is -2.41. The molecule has 0 radical (unpaired) electrons. The molecule has 0 unspecified atom stereocenters. The summed E-state index contributed by atoms with van der Waals surface area (Å²) in [5, 5.41) is 5.32. The lowest BCUT2D eigenvalue weighted by Gasteiger charge is -2.19. The number of hydrogen-bond donors (Lipinski definition) is 2. The van der Waals surface area contributed by atoms with E-state index >= 15 is 0 Å². The maximum atomic E-state index is 12.0. The highest BCUT2D eigenvalue weighted by Crippen LogP contribution is 2.03. The molecule has 2 rings (SSSR count). The highest BCUT2D eigenvalue weighted by atomic mass is 16.2. The van der Waals surface area contributed by atoms with E-state index < -0.39 is 0 Å². The van der Waals surface area contributed by atoms with Crippen LogP contribution in [0, 0.1) is 6.92 Å². The van der Waals surface area contributed by atoms with Gasteiger partial charge in [-0.05, 0) is 19.1 Å². The van der Waals surface area contributed by atoms with Crippen molar-refractivity contribution in [2.45, 2.75) is 13.3 Å². The van der Waals surface area contributed by atoms with E-state index in [9.17, 15) is 14.4 Å². The number of carbonyl (C=O) groups excluding carboxylic acids is 3. The van der Waals surface area contributed by atoms with Gasteiger partial charge in [-0.15, -0.1) is 0 Å². The number of carbonyl (C=O) groups is 3. The van der Waals surface area contributed by atoms with Gasteiger partial charge in [0.2, 0.25) is 11.8 Å². The van der Waals surface area contributed by atoms with Gasteiger partial charge in [0.25, 0.3) is 5.91 Å². The first kappa shape index (κ1) is 15.0. The summed E-state index contributed by atoms with van der Waals surface area (Å²) in [7, 11) is 0. The summed E-state index contributed by atoms with van der Waals surface area (Å²) >= 11 is 0. The molecule has 21 heavy (non-hydrogen) atoms. The molecule has 1 aromatic carbocycles. The second-order valence-corrected chi connectivity index (χ2v) is 5.03. The quantitative estimate of drug-likeness (QED) is 0.827. The van der Waals surface area contributed by atoms with Crippen LogP contribution in [-0.4, -0.2) is 48.8 Å². The van der Waals surface area contributed by atoms with Crippen LogP contribution in [0.2, 0.25) is 0 Å². The fourth-order valence-electron chi connectivity index (χ4n) is 2.09. The van der Waals surface area contributed by atoms with Crippen LogP contribution in [0.4, 0.5) is 0 Å². The molecule has 1 heterocycles. The molecule has 0 spiro atoms. The van der Waals surface area contributed by atoms with Gasteiger partial charge in [-0.25, -0.2) is 0 Å². The van der Waals surface area contributed by atoms with E-state index in [1.54, 1.807) is 17.0 Å². The van der Waals surface area contributed by atoms with Gasteiger partial charge in [-0.3, -0.25) is 14.4 Å². The van der Waals surface area contributed by atoms with Gasteiger partial charge in [-0.1, -0.05) is 17.7 Å². The monoisotopic (exact) mass is 289 g/mol. The normalized spacial score (nSPS) is 15.1. The average molecular weight is 289 g/mol. The number of nitrogens with zero attached hydrogens (tertiary/aromatic N) is 1. The molecule has 6 nitrogen and oxygen atoms in total. The Bertz CT molecular complexity index is 540. The molecule has 1 saturated heterocycles. The van der Waals surface area contributed by atoms with Gasteiger partial charge < -0.3 is 15.5 Å². The summed E-state index contributed by atoms with van der Waals surface area (Å²) in [5.41, 5.74) is 1.60. The predicted molar refractivity (Wildman–Crippen MR) is 77.7 cm³/mol. The summed E-state index contributed by atoms with van der Waals surface area (Å²) in [6, 6.07) is 7.15. The molecule has 0 saturated carbocycles. The van der Waals surface area contributed by atoms with E-state index in [2.05, 4.69) is 10.6 Å². The van der Waals surface area contributed by atoms with Crippen molar-refractivity contribution >= 4 is 17.7 Å². The van der Waals surface area contributed by atoms with Crippen LogP contribution in [0.3, 0.4) is 0 Å². The molecule has 0 aromatic heterocycles. The van der Waals surface area contributed by atoms with Gasteiger partial charge in [-0.2, -0.15) is 0 Å². The van der Waals surface area contributed by atoms with Crippen molar-refractivity contribution in [1.82, 2.24) is 15.5 Å². The Morgan fingerprint density at radius 3 is 2.67 bits per heavy atom. The van der Waals surface area contributed by atoms with E-state index in [0.717, 1.165) is 5.56 Å². The second kappa shape index (κ2) is 6.88. The standard InChI is InChI=1S/C15H19N3O3/c1-11-2-4-12(5-3-11)15(21)17-10-14(20)18-8-6-13(19)16-7-9-18/h2-5H,6-10H2,1H3,(H,16,19)(H,17,21). The molecule has 112 valence electrons. The maximum absolute atomic E-state index is 12.0. The van der Waals surface area contributed by atoms with Gasteiger partial charge in [0.1, 0.15) is 0 Å². The van der Waals surface area contributed by atoms with E-state index in [1.807, 2.05) is 19.1 Å². The lowest BCUT2D eigenvalue weighted by atomic mass is 10.1. The van der Waals surface area contributed by atoms with Gasteiger partial charge in [0.15, 0.2) is 0 Å². The SMILES string of the molecule is Cc1ccc(C(=O)NCC(=O)N2CCNC(=O)CC2)cc1. The molecule has 2 N–H and O–H groups in total. The van der Waals surface area contributed by atoms with Crippen LogP contribution in [-0.2, 0) is 9.59 Å². The first-order valence-corrected chi connectivity index (χ1v) is 6.95. The van der Waals surface area contributed by atoms with E-state index in [-0.39, 0.29) is 24.3 Å². The predicted octanol–water partition coefficient (Wildman–Crippen LogP) is 0.0733. The maximum Gasteiger partial charge on any atom is 0.251 e. The Hall–Kier alpha value is -2.37. The molecule has 1 aromatic rings. The summed E-state index contributed by atoms with van der Waals surface area (Å²) in [4.78, 5) is 36.7. The molecule has 0 atom stereocenters. The third-order valence-electron chi connectivity index (χ3n) is 3.38. The molecule has 1 aliphatic rings. The van der Waals surface area contributed by atoms with Crippen LogP contribution >= 0.6 is 0 Å². The topological polar surface area (TPSA) is 78.5 Å². The van der Waals surface area contributed by atoms with Crippen molar-refractivity contribution in [2.75, 3.05) is 26.2 Å². The molecule has 1 fully saturated rings. The van der Waals surface area contributed by atoms with Crippen molar-refractivity contribution < 1.29 is 14.4 Å². The number of rotatable bonds is 3. The molecular formula is C15H19N3O3. The van der Waals surface area contributed by atoms with Crippen molar-refractivity contribution in [2.24, 2.45) is 0 Å². The Labute approximate surface area is 123 Å². The number of nitrogens with one attached hydrogen (secondary N) is 2. The minimum atomic E-state index is -0.271. The van der Waals surface area contributed by atoms with Crippen LogP contribution in [0.25, 0.3) is 0 Å². The largest absolute Gasteiger partial charge is 0.354 e. The summed E-state index contributed by atoms with van der Waals surface area (Å²) in [6.07, 6.45) is 0.303.